The predicted octanol–water partition coefficient (Wildman–Crippen LogP) is 5.97. The SMILES string of the molecule is C\C=C/C=N\C(=C\CCC)N1CCC(C2CC2CCOc2ccc(CC=O)c(F)c2)CC1. The fourth-order valence-electron chi connectivity index (χ4n) is 4.68. The first-order valence-corrected chi connectivity index (χ1v) is 12.1. The molecule has 1 saturated carbocycles. The van der Waals surface area contributed by atoms with Gasteiger partial charge in [0, 0.05) is 31.8 Å². The number of rotatable bonds is 12. The van der Waals surface area contributed by atoms with Crippen LogP contribution in [0.25, 0.3) is 0 Å². The summed E-state index contributed by atoms with van der Waals surface area (Å²) in [5.41, 5.74) is 0.418. The number of carbonyl (C=O) groups is 1. The number of aliphatic imine (C=N–C) groups is 1. The van der Waals surface area contributed by atoms with Crippen molar-refractivity contribution in [3.8, 4) is 5.75 Å². The smallest absolute Gasteiger partial charge is 0.130 e. The molecule has 1 heterocycles. The second-order valence-corrected chi connectivity index (χ2v) is 8.90. The van der Waals surface area contributed by atoms with Gasteiger partial charge in [0.05, 0.1) is 6.61 Å². The van der Waals surface area contributed by atoms with Crippen LogP contribution in [0.4, 0.5) is 4.39 Å². The van der Waals surface area contributed by atoms with Crippen LogP contribution in [-0.4, -0.2) is 37.1 Å². The van der Waals surface area contributed by atoms with E-state index in [1.807, 2.05) is 25.3 Å². The minimum absolute atomic E-state index is 0.104. The average molecular weight is 441 g/mol. The van der Waals surface area contributed by atoms with Crippen molar-refractivity contribution >= 4 is 12.5 Å². The van der Waals surface area contributed by atoms with Crippen LogP contribution < -0.4 is 4.74 Å². The third-order valence-corrected chi connectivity index (χ3v) is 6.63. The minimum Gasteiger partial charge on any atom is -0.493 e. The zero-order valence-corrected chi connectivity index (χ0v) is 19.5. The van der Waals surface area contributed by atoms with Gasteiger partial charge in [0.25, 0.3) is 0 Å². The summed E-state index contributed by atoms with van der Waals surface area (Å²) in [5.74, 6) is 3.63. The maximum Gasteiger partial charge on any atom is 0.130 e. The van der Waals surface area contributed by atoms with Gasteiger partial charge in [-0.05, 0) is 80.6 Å². The summed E-state index contributed by atoms with van der Waals surface area (Å²) >= 11 is 0. The van der Waals surface area contributed by atoms with E-state index in [2.05, 4.69) is 22.9 Å². The van der Waals surface area contributed by atoms with E-state index < -0.39 is 0 Å². The minimum atomic E-state index is -0.368. The summed E-state index contributed by atoms with van der Waals surface area (Å²) < 4.78 is 19.7. The normalized spacial score (nSPS) is 22.1. The molecule has 3 rings (SSSR count). The molecule has 2 unspecified atom stereocenters. The van der Waals surface area contributed by atoms with Crippen molar-refractivity contribution in [3.63, 3.8) is 0 Å². The first-order chi connectivity index (χ1) is 15.7. The zero-order chi connectivity index (χ0) is 22.8. The van der Waals surface area contributed by atoms with Crippen molar-refractivity contribution in [2.45, 2.75) is 58.8 Å². The molecule has 5 heteroatoms. The Morgan fingerprint density at radius 1 is 1.31 bits per heavy atom. The Labute approximate surface area is 192 Å². The Balaban J connectivity index is 1.40. The Morgan fingerprint density at radius 2 is 2.12 bits per heavy atom. The molecule has 0 N–H and O–H groups in total. The van der Waals surface area contributed by atoms with Gasteiger partial charge in [-0.25, -0.2) is 9.38 Å². The maximum atomic E-state index is 13.9. The quantitative estimate of drug-likeness (QED) is 0.297. The number of aldehydes is 1. The highest BCUT2D eigenvalue weighted by Gasteiger charge is 2.43. The van der Waals surface area contributed by atoms with E-state index in [1.165, 1.54) is 25.3 Å². The number of piperidine rings is 1. The number of carbonyl (C=O) groups excluding carboxylic acids is 1. The Kier molecular flexibility index (Phi) is 9.51. The lowest BCUT2D eigenvalue weighted by Crippen LogP contribution is -2.33. The van der Waals surface area contributed by atoms with Crippen LogP contribution in [0.3, 0.4) is 0 Å². The predicted molar refractivity (Wildman–Crippen MR) is 128 cm³/mol. The molecule has 2 atom stereocenters. The summed E-state index contributed by atoms with van der Waals surface area (Å²) in [7, 11) is 0. The van der Waals surface area contributed by atoms with Gasteiger partial charge in [0.2, 0.25) is 0 Å². The fraction of sp³-hybridized carbons (Fsp3) is 0.556. The van der Waals surface area contributed by atoms with Gasteiger partial charge < -0.3 is 14.4 Å². The first kappa shape index (κ1) is 24.2. The van der Waals surface area contributed by atoms with Crippen molar-refractivity contribution in [2.24, 2.45) is 22.7 Å². The van der Waals surface area contributed by atoms with E-state index in [1.54, 1.807) is 12.1 Å². The van der Waals surface area contributed by atoms with Gasteiger partial charge in [0.15, 0.2) is 0 Å². The topological polar surface area (TPSA) is 41.9 Å². The van der Waals surface area contributed by atoms with Crippen molar-refractivity contribution in [2.75, 3.05) is 19.7 Å². The summed E-state index contributed by atoms with van der Waals surface area (Å²) in [6, 6.07) is 4.78. The molecule has 0 spiro atoms. The van der Waals surface area contributed by atoms with Crippen LogP contribution in [-0.2, 0) is 11.2 Å². The molecule has 1 aliphatic heterocycles. The van der Waals surface area contributed by atoms with Crippen LogP contribution in [0.5, 0.6) is 5.75 Å². The molecule has 1 aliphatic carbocycles. The molecule has 32 heavy (non-hydrogen) atoms. The molecule has 4 nitrogen and oxygen atoms in total. The number of hydrogen-bond donors (Lipinski definition) is 0. The number of allylic oxidation sites excluding steroid dienone is 3. The number of halogens is 1. The van der Waals surface area contributed by atoms with Crippen molar-refractivity contribution in [3.05, 3.63) is 53.6 Å². The average Bonchev–Trinajstić information content (AvgIpc) is 3.58. The van der Waals surface area contributed by atoms with Crippen LogP contribution in [0.2, 0.25) is 0 Å². The van der Waals surface area contributed by atoms with Gasteiger partial charge >= 0.3 is 0 Å². The Hall–Kier alpha value is -2.43. The number of benzene rings is 1. The number of ether oxygens (including phenoxy) is 1. The molecule has 2 aliphatic rings. The van der Waals surface area contributed by atoms with E-state index in [4.69, 9.17) is 4.74 Å². The Morgan fingerprint density at radius 3 is 2.81 bits per heavy atom. The molecule has 0 amide bonds. The van der Waals surface area contributed by atoms with Gasteiger partial charge in [-0.15, -0.1) is 0 Å². The van der Waals surface area contributed by atoms with E-state index in [-0.39, 0.29) is 12.2 Å². The van der Waals surface area contributed by atoms with Crippen LogP contribution in [0.1, 0.15) is 57.9 Å². The third kappa shape index (κ3) is 7.04. The second kappa shape index (κ2) is 12.6. The number of hydrogen-bond acceptors (Lipinski definition) is 4. The highest BCUT2D eigenvalue weighted by Crippen LogP contribution is 2.50. The maximum absolute atomic E-state index is 13.9. The molecule has 0 bridgehead atoms. The van der Waals surface area contributed by atoms with Crippen molar-refractivity contribution in [1.82, 2.24) is 4.90 Å². The summed E-state index contributed by atoms with van der Waals surface area (Å²) in [4.78, 5) is 17.7. The third-order valence-electron chi connectivity index (χ3n) is 6.63. The molecule has 0 aromatic heterocycles. The second-order valence-electron chi connectivity index (χ2n) is 8.90. The van der Waals surface area contributed by atoms with Crippen LogP contribution >= 0.6 is 0 Å². The van der Waals surface area contributed by atoms with Gasteiger partial charge in [-0.1, -0.05) is 25.5 Å². The molecule has 174 valence electrons. The monoisotopic (exact) mass is 440 g/mol. The summed E-state index contributed by atoms with van der Waals surface area (Å²) in [5, 5.41) is 0. The molecule has 0 radical (unpaired) electrons. The molecule has 1 saturated heterocycles. The lowest BCUT2D eigenvalue weighted by atomic mass is 9.90. The lowest BCUT2D eigenvalue weighted by molar-refractivity contribution is -0.107. The lowest BCUT2D eigenvalue weighted by Gasteiger charge is -2.34. The number of unbranched alkanes of at least 4 members (excludes halogenated alkanes) is 1. The van der Waals surface area contributed by atoms with Gasteiger partial charge in [0.1, 0.15) is 23.7 Å². The molecule has 1 aromatic rings. The summed E-state index contributed by atoms with van der Waals surface area (Å²) in [6.45, 7) is 7.00. The molecular formula is C27H37FN2O2. The van der Waals surface area contributed by atoms with Gasteiger partial charge in [-0.3, -0.25) is 0 Å². The Bertz CT molecular complexity index is 825. The molecule has 1 aromatic carbocycles. The highest BCUT2D eigenvalue weighted by atomic mass is 19.1. The van der Waals surface area contributed by atoms with E-state index in [0.717, 1.165) is 62.2 Å². The molecule has 2 fully saturated rings. The number of likely N-dealkylation sites (tertiary alicyclic amines) is 1. The summed E-state index contributed by atoms with van der Waals surface area (Å²) in [6.07, 6.45) is 16.0. The van der Waals surface area contributed by atoms with Crippen molar-refractivity contribution < 1.29 is 13.9 Å². The van der Waals surface area contributed by atoms with E-state index in [9.17, 15) is 9.18 Å². The standard InChI is InChI=1S/C27H37FN2O2/c1-3-5-7-27(29-14-6-4-2)30-15-10-21(11-16-30)25-19-23(25)13-18-32-24-9-8-22(12-17-31)26(28)20-24/h4,6-9,14,17,20-21,23,25H,3,5,10-13,15-16,18-19H2,1-2H3/b6-4-,27-7-,29-14-. The van der Waals surface area contributed by atoms with Crippen LogP contribution in [0.15, 0.2) is 47.2 Å². The van der Waals surface area contributed by atoms with Gasteiger partial charge in [-0.2, -0.15) is 0 Å². The zero-order valence-electron chi connectivity index (χ0n) is 19.5. The van der Waals surface area contributed by atoms with Crippen molar-refractivity contribution in [1.29, 1.82) is 0 Å². The van der Waals surface area contributed by atoms with Crippen LogP contribution in [0, 0.1) is 23.6 Å². The fourth-order valence-corrected chi connectivity index (χ4v) is 4.68. The first-order valence-electron chi connectivity index (χ1n) is 12.1. The number of nitrogens with zero attached hydrogens (tertiary/aromatic N) is 2. The highest BCUT2D eigenvalue weighted by molar-refractivity contribution is 5.71. The van der Waals surface area contributed by atoms with E-state index >= 15 is 0 Å². The largest absolute Gasteiger partial charge is 0.493 e. The molecular weight excluding hydrogens is 403 g/mol. The van der Waals surface area contributed by atoms with E-state index in [0.29, 0.717) is 17.9 Å².